The SMILES string of the molecule is COC(=O)C(C)(C)NC(=O)Cc1ccc(N)cc1. The fourth-order valence-corrected chi connectivity index (χ4v) is 1.52. The molecule has 0 aliphatic rings. The summed E-state index contributed by atoms with van der Waals surface area (Å²) in [6.45, 7) is 3.19. The molecular weight excluding hydrogens is 232 g/mol. The summed E-state index contributed by atoms with van der Waals surface area (Å²) in [6, 6.07) is 7.02. The van der Waals surface area contributed by atoms with Crippen molar-refractivity contribution in [2.24, 2.45) is 0 Å². The van der Waals surface area contributed by atoms with Crippen LogP contribution in [0.2, 0.25) is 0 Å². The third-order valence-corrected chi connectivity index (χ3v) is 2.49. The number of carbonyl (C=O) groups excluding carboxylic acids is 2. The van der Waals surface area contributed by atoms with Gasteiger partial charge >= 0.3 is 5.97 Å². The van der Waals surface area contributed by atoms with E-state index in [1.165, 1.54) is 7.11 Å². The Balaban J connectivity index is 2.62. The van der Waals surface area contributed by atoms with Gasteiger partial charge in [-0.3, -0.25) is 4.79 Å². The number of benzene rings is 1. The highest BCUT2D eigenvalue weighted by molar-refractivity contribution is 5.88. The largest absolute Gasteiger partial charge is 0.467 e. The molecule has 0 saturated heterocycles. The van der Waals surface area contributed by atoms with Gasteiger partial charge in [-0.1, -0.05) is 12.1 Å². The number of hydrogen-bond donors (Lipinski definition) is 2. The van der Waals surface area contributed by atoms with Crippen molar-refractivity contribution in [3.05, 3.63) is 29.8 Å². The average Bonchev–Trinajstić information content (AvgIpc) is 2.30. The zero-order valence-corrected chi connectivity index (χ0v) is 10.8. The number of nitrogen functional groups attached to an aromatic ring is 1. The van der Waals surface area contributed by atoms with Crippen LogP contribution in [-0.4, -0.2) is 24.5 Å². The molecule has 1 rings (SSSR count). The number of esters is 1. The second-order valence-electron chi connectivity index (χ2n) is 4.58. The van der Waals surface area contributed by atoms with Crippen LogP contribution in [0.15, 0.2) is 24.3 Å². The van der Waals surface area contributed by atoms with Crippen LogP contribution in [0.5, 0.6) is 0 Å². The molecular formula is C13H18N2O3. The van der Waals surface area contributed by atoms with Crippen LogP contribution < -0.4 is 11.1 Å². The van der Waals surface area contributed by atoms with Gasteiger partial charge in [0.2, 0.25) is 5.91 Å². The summed E-state index contributed by atoms with van der Waals surface area (Å²) >= 11 is 0. The predicted molar refractivity (Wildman–Crippen MR) is 68.8 cm³/mol. The standard InChI is InChI=1S/C13H18N2O3/c1-13(2,12(17)18-3)15-11(16)8-9-4-6-10(14)7-5-9/h4-7H,8,14H2,1-3H3,(H,15,16). The Labute approximate surface area is 106 Å². The van der Waals surface area contributed by atoms with Crippen LogP contribution in [0.3, 0.4) is 0 Å². The van der Waals surface area contributed by atoms with Crippen LogP contribution >= 0.6 is 0 Å². The number of ether oxygens (including phenoxy) is 1. The molecule has 0 aliphatic carbocycles. The first kappa shape index (κ1) is 14.0. The number of amides is 1. The predicted octanol–water partition coefficient (Wildman–Crippen LogP) is 0.879. The summed E-state index contributed by atoms with van der Waals surface area (Å²) in [5.41, 5.74) is 6.01. The Bertz CT molecular complexity index is 438. The molecule has 0 bridgehead atoms. The zero-order chi connectivity index (χ0) is 13.8. The van der Waals surface area contributed by atoms with E-state index in [2.05, 4.69) is 10.1 Å². The van der Waals surface area contributed by atoms with Gasteiger partial charge in [-0.15, -0.1) is 0 Å². The van der Waals surface area contributed by atoms with Gasteiger partial charge in [0.05, 0.1) is 13.5 Å². The number of methoxy groups -OCH3 is 1. The minimum atomic E-state index is -1.03. The monoisotopic (exact) mass is 250 g/mol. The van der Waals surface area contributed by atoms with E-state index in [0.29, 0.717) is 5.69 Å². The normalized spacial score (nSPS) is 10.8. The van der Waals surface area contributed by atoms with Gasteiger partial charge in [0.25, 0.3) is 0 Å². The third-order valence-electron chi connectivity index (χ3n) is 2.49. The fraction of sp³-hybridized carbons (Fsp3) is 0.385. The molecule has 98 valence electrons. The summed E-state index contributed by atoms with van der Waals surface area (Å²) in [7, 11) is 1.29. The minimum Gasteiger partial charge on any atom is -0.467 e. The molecule has 0 radical (unpaired) electrons. The summed E-state index contributed by atoms with van der Waals surface area (Å²) in [5.74, 6) is -0.719. The second-order valence-corrected chi connectivity index (χ2v) is 4.58. The van der Waals surface area contributed by atoms with E-state index in [4.69, 9.17) is 5.73 Å². The minimum absolute atomic E-state index is 0.195. The summed E-state index contributed by atoms with van der Waals surface area (Å²) in [6.07, 6.45) is 0.195. The number of carbonyl (C=O) groups is 2. The van der Waals surface area contributed by atoms with Crippen molar-refractivity contribution in [1.82, 2.24) is 5.32 Å². The molecule has 1 aromatic carbocycles. The molecule has 0 fully saturated rings. The van der Waals surface area contributed by atoms with E-state index in [1.54, 1.807) is 38.1 Å². The van der Waals surface area contributed by atoms with Gasteiger partial charge in [-0.25, -0.2) is 4.79 Å². The number of anilines is 1. The van der Waals surface area contributed by atoms with Crippen molar-refractivity contribution in [3.63, 3.8) is 0 Å². The molecule has 0 spiro atoms. The molecule has 3 N–H and O–H groups in total. The van der Waals surface area contributed by atoms with Gasteiger partial charge in [-0.05, 0) is 31.5 Å². The first-order chi connectivity index (χ1) is 8.35. The van der Waals surface area contributed by atoms with E-state index >= 15 is 0 Å². The van der Waals surface area contributed by atoms with Crippen LogP contribution in [0, 0.1) is 0 Å². The Morgan fingerprint density at radius 3 is 2.33 bits per heavy atom. The Morgan fingerprint density at radius 2 is 1.83 bits per heavy atom. The summed E-state index contributed by atoms with van der Waals surface area (Å²) in [4.78, 5) is 23.2. The lowest BCUT2D eigenvalue weighted by atomic mass is 10.0. The second kappa shape index (κ2) is 5.53. The van der Waals surface area contributed by atoms with Crippen molar-refractivity contribution in [2.45, 2.75) is 25.8 Å². The van der Waals surface area contributed by atoms with Crippen molar-refractivity contribution in [2.75, 3.05) is 12.8 Å². The fourth-order valence-electron chi connectivity index (χ4n) is 1.52. The lowest BCUT2D eigenvalue weighted by molar-refractivity contribution is -0.149. The van der Waals surface area contributed by atoms with E-state index in [1.807, 2.05) is 0 Å². The van der Waals surface area contributed by atoms with Crippen molar-refractivity contribution < 1.29 is 14.3 Å². The van der Waals surface area contributed by atoms with Gasteiger partial charge < -0.3 is 15.8 Å². The first-order valence-electron chi connectivity index (χ1n) is 5.59. The highest BCUT2D eigenvalue weighted by Gasteiger charge is 2.30. The molecule has 5 nitrogen and oxygen atoms in total. The molecule has 18 heavy (non-hydrogen) atoms. The molecule has 0 aromatic heterocycles. The lowest BCUT2D eigenvalue weighted by Crippen LogP contribution is -2.50. The lowest BCUT2D eigenvalue weighted by Gasteiger charge is -2.23. The first-order valence-corrected chi connectivity index (χ1v) is 5.59. The third kappa shape index (κ3) is 3.76. The van der Waals surface area contributed by atoms with Crippen LogP contribution in [0.1, 0.15) is 19.4 Å². The number of rotatable bonds is 4. The van der Waals surface area contributed by atoms with Gasteiger partial charge in [0.15, 0.2) is 0 Å². The van der Waals surface area contributed by atoms with Crippen LogP contribution in [0.25, 0.3) is 0 Å². The van der Waals surface area contributed by atoms with Crippen molar-refractivity contribution >= 4 is 17.6 Å². The quantitative estimate of drug-likeness (QED) is 0.614. The van der Waals surface area contributed by atoms with E-state index in [-0.39, 0.29) is 12.3 Å². The molecule has 0 atom stereocenters. The molecule has 5 heteroatoms. The summed E-state index contributed by atoms with van der Waals surface area (Å²) in [5, 5.41) is 2.63. The Morgan fingerprint density at radius 1 is 1.28 bits per heavy atom. The Kier molecular flexibility index (Phi) is 4.31. The maximum Gasteiger partial charge on any atom is 0.330 e. The molecule has 1 aromatic rings. The van der Waals surface area contributed by atoms with Crippen molar-refractivity contribution in [3.8, 4) is 0 Å². The Hall–Kier alpha value is -2.04. The van der Waals surface area contributed by atoms with Crippen LogP contribution in [0.4, 0.5) is 5.69 Å². The van der Waals surface area contributed by atoms with Gasteiger partial charge in [0.1, 0.15) is 5.54 Å². The number of nitrogens with two attached hydrogens (primary N) is 1. The molecule has 0 aliphatic heterocycles. The number of nitrogens with one attached hydrogen (secondary N) is 1. The molecule has 0 saturated carbocycles. The van der Waals surface area contributed by atoms with Gasteiger partial charge in [-0.2, -0.15) is 0 Å². The van der Waals surface area contributed by atoms with Crippen molar-refractivity contribution in [1.29, 1.82) is 0 Å². The maximum absolute atomic E-state index is 11.8. The zero-order valence-electron chi connectivity index (χ0n) is 10.8. The highest BCUT2D eigenvalue weighted by Crippen LogP contribution is 2.08. The summed E-state index contributed by atoms with van der Waals surface area (Å²) < 4.78 is 4.61. The average molecular weight is 250 g/mol. The molecule has 0 heterocycles. The van der Waals surface area contributed by atoms with E-state index in [0.717, 1.165) is 5.56 Å². The molecule has 1 amide bonds. The van der Waals surface area contributed by atoms with Gasteiger partial charge in [0, 0.05) is 5.69 Å². The smallest absolute Gasteiger partial charge is 0.330 e. The van der Waals surface area contributed by atoms with E-state index in [9.17, 15) is 9.59 Å². The maximum atomic E-state index is 11.8. The van der Waals surface area contributed by atoms with Crippen LogP contribution in [-0.2, 0) is 20.7 Å². The highest BCUT2D eigenvalue weighted by atomic mass is 16.5. The van der Waals surface area contributed by atoms with E-state index < -0.39 is 11.5 Å². The number of hydrogen-bond acceptors (Lipinski definition) is 4. The molecule has 0 unspecified atom stereocenters. The topological polar surface area (TPSA) is 81.4 Å².